The van der Waals surface area contributed by atoms with Crippen LogP contribution in [0.2, 0.25) is 4.34 Å². The molecule has 1 aromatic rings. The molecule has 0 aliphatic carbocycles. The van der Waals surface area contributed by atoms with Gasteiger partial charge >= 0.3 is 0 Å². The Labute approximate surface area is 78.6 Å². The van der Waals surface area contributed by atoms with Crippen molar-refractivity contribution in [2.75, 3.05) is 6.61 Å². The first-order chi connectivity index (χ1) is 5.65. The van der Waals surface area contributed by atoms with Crippen LogP contribution in [0.1, 0.15) is 11.1 Å². The fourth-order valence-corrected chi connectivity index (χ4v) is 1.68. The predicted octanol–water partition coefficient (Wildman–Crippen LogP) is 0.150. The van der Waals surface area contributed by atoms with E-state index in [1.54, 1.807) is 0 Å². The number of aromatic nitrogens is 1. The molecule has 1 heterocycles. The number of nitrogens with two attached hydrogens (primary N) is 1. The van der Waals surface area contributed by atoms with E-state index >= 15 is 0 Å². The maximum absolute atomic E-state index is 9.41. The van der Waals surface area contributed by atoms with Crippen LogP contribution in [0.15, 0.2) is 6.20 Å². The number of halogens is 1. The van der Waals surface area contributed by atoms with Crippen LogP contribution in [0, 0.1) is 0 Å². The van der Waals surface area contributed by atoms with Crippen LogP contribution >= 0.6 is 22.9 Å². The molecule has 0 saturated carbocycles. The molecule has 2 atom stereocenters. The van der Waals surface area contributed by atoms with Gasteiger partial charge in [0.05, 0.1) is 18.8 Å². The summed E-state index contributed by atoms with van der Waals surface area (Å²) in [5, 5.41) is 18.5. The van der Waals surface area contributed by atoms with Gasteiger partial charge in [0, 0.05) is 0 Å². The van der Waals surface area contributed by atoms with E-state index in [0.717, 1.165) is 11.3 Å². The average molecular weight is 209 g/mol. The number of rotatable bonds is 3. The molecule has 2 unspecified atom stereocenters. The highest BCUT2D eigenvalue weighted by molar-refractivity contribution is 7.15. The molecule has 68 valence electrons. The fraction of sp³-hybridized carbons (Fsp3) is 0.500. The molecule has 0 aromatic carbocycles. The van der Waals surface area contributed by atoms with Gasteiger partial charge in [-0.1, -0.05) is 11.6 Å². The standard InChI is InChI=1S/C6H9ClN2O2S/c7-4-1-9-6(12-4)5(11)3(8)2-10/h1,3,5,10-11H,2,8H2. The Morgan fingerprint density at radius 1 is 1.75 bits per heavy atom. The fourth-order valence-electron chi connectivity index (χ4n) is 0.687. The lowest BCUT2D eigenvalue weighted by atomic mass is 10.2. The van der Waals surface area contributed by atoms with E-state index in [1.807, 2.05) is 0 Å². The number of thiazole rings is 1. The van der Waals surface area contributed by atoms with Crippen LogP contribution in [0.25, 0.3) is 0 Å². The first-order valence-corrected chi connectivity index (χ1v) is 4.50. The van der Waals surface area contributed by atoms with Gasteiger partial charge in [0.15, 0.2) is 0 Å². The molecule has 6 heteroatoms. The van der Waals surface area contributed by atoms with Gasteiger partial charge in [0.25, 0.3) is 0 Å². The third-order valence-electron chi connectivity index (χ3n) is 1.36. The normalized spacial score (nSPS) is 16.0. The third-order valence-corrected chi connectivity index (χ3v) is 2.55. The van der Waals surface area contributed by atoms with Crippen LogP contribution in [0.3, 0.4) is 0 Å². The number of aliphatic hydroxyl groups is 2. The Balaban J connectivity index is 2.70. The van der Waals surface area contributed by atoms with Crippen LogP contribution in [-0.4, -0.2) is 27.8 Å². The molecule has 0 saturated heterocycles. The summed E-state index contributed by atoms with van der Waals surface area (Å²) in [7, 11) is 0. The number of aliphatic hydroxyl groups excluding tert-OH is 2. The summed E-state index contributed by atoms with van der Waals surface area (Å²) in [4.78, 5) is 3.83. The maximum atomic E-state index is 9.41. The van der Waals surface area contributed by atoms with Crippen LogP contribution < -0.4 is 5.73 Å². The molecule has 1 rings (SSSR count). The van der Waals surface area contributed by atoms with E-state index in [4.69, 9.17) is 22.4 Å². The molecular formula is C6H9ClN2O2S. The second-order valence-electron chi connectivity index (χ2n) is 2.29. The molecule has 0 amide bonds. The summed E-state index contributed by atoms with van der Waals surface area (Å²) in [5.41, 5.74) is 5.38. The average Bonchev–Trinajstić information content (AvgIpc) is 2.49. The molecule has 1 aromatic heterocycles. The zero-order chi connectivity index (χ0) is 9.14. The number of hydrogen-bond acceptors (Lipinski definition) is 5. The number of nitrogens with zero attached hydrogens (tertiary/aromatic N) is 1. The van der Waals surface area contributed by atoms with Crippen LogP contribution in [0.5, 0.6) is 0 Å². The lowest BCUT2D eigenvalue weighted by molar-refractivity contribution is 0.109. The maximum Gasteiger partial charge on any atom is 0.124 e. The van der Waals surface area contributed by atoms with E-state index in [-0.39, 0.29) is 6.61 Å². The first-order valence-electron chi connectivity index (χ1n) is 3.31. The molecule has 0 spiro atoms. The van der Waals surface area contributed by atoms with Crippen molar-refractivity contribution in [1.29, 1.82) is 0 Å². The topological polar surface area (TPSA) is 79.4 Å². The summed E-state index contributed by atoms with van der Waals surface area (Å²) in [5.74, 6) is 0. The quantitative estimate of drug-likeness (QED) is 0.661. The lowest BCUT2D eigenvalue weighted by Crippen LogP contribution is -2.31. The van der Waals surface area contributed by atoms with Crippen LogP contribution in [-0.2, 0) is 0 Å². The monoisotopic (exact) mass is 208 g/mol. The van der Waals surface area contributed by atoms with Gasteiger partial charge in [0.1, 0.15) is 15.4 Å². The second kappa shape index (κ2) is 4.15. The minimum Gasteiger partial charge on any atom is -0.395 e. The minimum absolute atomic E-state index is 0.279. The van der Waals surface area contributed by atoms with Gasteiger partial charge in [-0.05, 0) is 0 Å². The van der Waals surface area contributed by atoms with E-state index in [9.17, 15) is 5.11 Å². The summed E-state index contributed by atoms with van der Waals surface area (Å²) >= 11 is 6.75. The van der Waals surface area contributed by atoms with E-state index in [1.165, 1.54) is 6.20 Å². The first kappa shape index (κ1) is 9.88. The van der Waals surface area contributed by atoms with Gasteiger partial charge in [-0.25, -0.2) is 4.98 Å². The van der Waals surface area contributed by atoms with Crippen molar-refractivity contribution in [3.63, 3.8) is 0 Å². The largest absolute Gasteiger partial charge is 0.395 e. The SMILES string of the molecule is NC(CO)C(O)c1ncc(Cl)s1. The van der Waals surface area contributed by atoms with Crippen molar-refractivity contribution < 1.29 is 10.2 Å². The molecule has 4 nitrogen and oxygen atoms in total. The summed E-state index contributed by atoms with van der Waals surface area (Å²) in [6.45, 7) is -0.279. The van der Waals surface area contributed by atoms with Gasteiger partial charge in [-0.2, -0.15) is 0 Å². The third kappa shape index (κ3) is 2.15. The predicted molar refractivity (Wildman–Crippen MR) is 47.1 cm³/mol. The van der Waals surface area contributed by atoms with Gasteiger partial charge in [-0.15, -0.1) is 11.3 Å². The Morgan fingerprint density at radius 3 is 2.83 bits per heavy atom. The van der Waals surface area contributed by atoms with Crippen LogP contribution in [0.4, 0.5) is 0 Å². The van der Waals surface area contributed by atoms with E-state index in [0.29, 0.717) is 9.34 Å². The summed E-state index contributed by atoms with van der Waals surface area (Å²) in [6, 6.07) is -0.702. The molecule has 0 fully saturated rings. The van der Waals surface area contributed by atoms with E-state index < -0.39 is 12.1 Å². The highest BCUT2D eigenvalue weighted by atomic mass is 35.5. The summed E-state index contributed by atoms with van der Waals surface area (Å²) < 4.78 is 0.495. The number of hydrogen-bond donors (Lipinski definition) is 3. The van der Waals surface area contributed by atoms with Crippen molar-refractivity contribution in [1.82, 2.24) is 4.98 Å². The molecule has 0 aliphatic rings. The minimum atomic E-state index is -0.938. The van der Waals surface area contributed by atoms with Crippen molar-refractivity contribution in [3.8, 4) is 0 Å². The molecule has 0 bridgehead atoms. The zero-order valence-electron chi connectivity index (χ0n) is 6.14. The van der Waals surface area contributed by atoms with Crippen molar-refractivity contribution in [2.24, 2.45) is 5.73 Å². The molecule has 12 heavy (non-hydrogen) atoms. The van der Waals surface area contributed by atoms with Crippen molar-refractivity contribution >= 4 is 22.9 Å². The molecular weight excluding hydrogens is 200 g/mol. The van der Waals surface area contributed by atoms with Gasteiger partial charge in [0.2, 0.25) is 0 Å². The van der Waals surface area contributed by atoms with Crippen molar-refractivity contribution in [2.45, 2.75) is 12.1 Å². The van der Waals surface area contributed by atoms with Crippen molar-refractivity contribution in [3.05, 3.63) is 15.5 Å². The smallest absolute Gasteiger partial charge is 0.124 e. The highest BCUT2D eigenvalue weighted by Gasteiger charge is 2.18. The van der Waals surface area contributed by atoms with E-state index in [2.05, 4.69) is 4.98 Å². The summed E-state index contributed by atoms with van der Waals surface area (Å²) in [6.07, 6.45) is 0.502. The Bertz CT molecular complexity index is 255. The lowest BCUT2D eigenvalue weighted by Gasteiger charge is -2.12. The zero-order valence-corrected chi connectivity index (χ0v) is 7.72. The second-order valence-corrected chi connectivity index (χ2v) is 3.99. The Hall–Kier alpha value is -0.200. The Kier molecular flexibility index (Phi) is 3.42. The Morgan fingerprint density at radius 2 is 2.42 bits per heavy atom. The highest BCUT2D eigenvalue weighted by Crippen LogP contribution is 2.24. The molecule has 4 N–H and O–H groups in total. The van der Waals surface area contributed by atoms with Gasteiger partial charge < -0.3 is 15.9 Å². The molecule has 0 aliphatic heterocycles. The van der Waals surface area contributed by atoms with Gasteiger partial charge in [-0.3, -0.25) is 0 Å². The molecule has 0 radical (unpaired) electrons.